The van der Waals surface area contributed by atoms with Crippen molar-refractivity contribution in [3.8, 4) is 11.8 Å². The van der Waals surface area contributed by atoms with Crippen molar-refractivity contribution in [2.24, 2.45) is 0 Å². The Hall–Kier alpha value is -2.49. The summed E-state index contributed by atoms with van der Waals surface area (Å²) in [4.78, 5) is 23.9. The Morgan fingerprint density at radius 3 is 3.08 bits per heavy atom. The second-order valence-electron chi connectivity index (χ2n) is 5.72. The molecule has 0 saturated carbocycles. The Kier molecular flexibility index (Phi) is 6.67. The van der Waals surface area contributed by atoms with Crippen molar-refractivity contribution in [3.63, 3.8) is 0 Å². The first kappa shape index (κ1) is 17.9. The highest BCUT2D eigenvalue weighted by molar-refractivity contribution is 6.32. The highest BCUT2D eigenvalue weighted by Gasteiger charge is 2.27. The third kappa shape index (κ3) is 4.75. The van der Waals surface area contributed by atoms with Gasteiger partial charge in [-0.3, -0.25) is 4.79 Å². The molecule has 6 nitrogen and oxygen atoms in total. The van der Waals surface area contributed by atoms with E-state index in [4.69, 9.17) is 14.7 Å². The van der Waals surface area contributed by atoms with Crippen molar-refractivity contribution in [2.45, 2.75) is 45.0 Å². The number of para-hydroxylation sites is 1. The molecule has 1 amide bonds. The van der Waals surface area contributed by atoms with Crippen LogP contribution in [0.1, 0.15) is 48.5 Å². The summed E-state index contributed by atoms with van der Waals surface area (Å²) in [5, 5.41) is 11.4. The molecule has 7 heteroatoms. The second-order valence-corrected chi connectivity index (χ2v) is 5.72. The number of hydrogen-bond acceptors (Lipinski definition) is 5. The zero-order chi connectivity index (χ0) is 17.4. The Labute approximate surface area is 142 Å². The topological polar surface area (TPSA) is 88.4 Å². The molecule has 2 rings (SSSR count). The molecule has 1 aliphatic rings. The van der Waals surface area contributed by atoms with E-state index in [-0.39, 0.29) is 30.7 Å². The lowest BCUT2D eigenvalue weighted by molar-refractivity contribution is -0.121. The predicted molar refractivity (Wildman–Crippen MR) is 89.9 cm³/mol. The molecule has 1 heterocycles. The fourth-order valence-corrected chi connectivity index (χ4v) is 2.53. The summed E-state index contributed by atoms with van der Waals surface area (Å²) in [6, 6.07) is 7.31. The van der Waals surface area contributed by atoms with Crippen LogP contribution < -0.4 is 9.97 Å². The molecule has 1 unspecified atom stereocenters. The van der Waals surface area contributed by atoms with Gasteiger partial charge in [0.05, 0.1) is 12.7 Å². The Balaban J connectivity index is 2.00. The number of ether oxygens (including phenoxy) is 1. The maximum Gasteiger partial charge on any atom is 0.363 e. The lowest BCUT2D eigenvalue weighted by atomic mass is 9.79. The van der Waals surface area contributed by atoms with E-state index in [1.165, 1.54) is 0 Å². The first-order valence-electron chi connectivity index (χ1n) is 8.23. The molecule has 1 N–H and O–H groups in total. The molecule has 1 aromatic rings. The van der Waals surface area contributed by atoms with Crippen LogP contribution in [0.3, 0.4) is 0 Å². The van der Waals surface area contributed by atoms with E-state index in [2.05, 4.69) is 5.32 Å². The van der Waals surface area contributed by atoms with Gasteiger partial charge < -0.3 is 14.7 Å². The van der Waals surface area contributed by atoms with Gasteiger partial charge in [0, 0.05) is 18.8 Å². The van der Waals surface area contributed by atoms with Gasteiger partial charge in [0.1, 0.15) is 11.3 Å². The van der Waals surface area contributed by atoms with Crippen molar-refractivity contribution in [1.29, 1.82) is 5.26 Å². The number of nitriles is 1. The van der Waals surface area contributed by atoms with E-state index >= 15 is 0 Å². The van der Waals surface area contributed by atoms with E-state index in [1.807, 2.05) is 19.1 Å². The molecular formula is C17H21BN2O4. The third-order valence-electron chi connectivity index (χ3n) is 3.77. The number of unbranched alkanes of at least 4 members (excludes halogenated alkanes) is 1. The fraction of sp³-hybridized carbons (Fsp3) is 0.471. The second kappa shape index (κ2) is 8.97. The number of esters is 1. The van der Waals surface area contributed by atoms with Crippen LogP contribution in [0.2, 0.25) is 0 Å². The van der Waals surface area contributed by atoms with Crippen molar-refractivity contribution < 1.29 is 19.0 Å². The van der Waals surface area contributed by atoms with E-state index in [1.54, 1.807) is 12.1 Å². The molecular weight excluding hydrogens is 307 g/mol. The fourth-order valence-electron chi connectivity index (χ4n) is 2.53. The van der Waals surface area contributed by atoms with Gasteiger partial charge in [-0.15, -0.1) is 0 Å². The van der Waals surface area contributed by atoms with Gasteiger partial charge in [-0.2, -0.15) is 5.26 Å². The molecule has 0 radical (unpaired) electrons. The quantitative estimate of drug-likeness (QED) is 0.467. The van der Waals surface area contributed by atoms with Crippen molar-refractivity contribution in [3.05, 3.63) is 29.3 Å². The van der Waals surface area contributed by atoms with Crippen LogP contribution >= 0.6 is 0 Å². The summed E-state index contributed by atoms with van der Waals surface area (Å²) in [5.41, 5.74) is 1.30. The Morgan fingerprint density at radius 2 is 2.33 bits per heavy atom. The Morgan fingerprint density at radius 1 is 1.50 bits per heavy atom. The van der Waals surface area contributed by atoms with Gasteiger partial charge in [-0.25, -0.2) is 4.79 Å². The van der Waals surface area contributed by atoms with Crippen LogP contribution in [0.15, 0.2) is 18.2 Å². The monoisotopic (exact) mass is 328 g/mol. The summed E-state index contributed by atoms with van der Waals surface area (Å²) in [7, 11) is 0.296. The summed E-state index contributed by atoms with van der Waals surface area (Å²) in [6.45, 7) is 2.43. The normalized spacial score (nSPS) is 15.2. The highest BCUT2D eigenvalue weighted by atomic mass is 16.5. The van der Waals surface area contributed by atoms with Gasteiger partial charge in [0.2, 0.25) is 5.91 Å². The van der Waals surface area contributed by atoms with Crippen LogP contribution in [0.25, 0.3) is 0 Å². The molecule has 24 heavy (non-hydrogen) atoms. The van der Waals surface area contributed by atoms with Crippen LogP contribution in [0.4, 0.5) is 0 Å². The standard InChI is InChI=1S/C17H21BN2O4/c1-2-3-10-23-17(22)13-7-4-6-12-11-14(18-24-16(12)13)20-15(21)8-5-9-19/h4,6-7,14,18H,2-3,5,8,10-11H2,1H3,(H,20,21). The molecule has 0 spiro atoms. The summed E-state index contributed by atoms with van der Waals surface area (Å²) < 4.78 is 11.0. The minimum atomic E-state index is -0.378. The molecule has 1 aliphatic heterocycles. The van der Waals surface area contributed by atoms with E-state index < -0.39 is 0 Å². The minimum Gasteiger partial charge on any atom is -0.561 e. The molecule has 1 atom stereocenters. The number of carbonyl (C=O) groups excluding carboxylic acids is 2. The average Bonchev–Trinajstić information content (AvgIpc) is 2.59. The van der Waals surface area contributed by atoms with Crippen molar-refractivity contribution in [2.75, 3.05) is 6.61 Å². The van der Waals surface area contributed by atoms with Crippen molar-refractivity contribution >= 4 is 19.4 Å². The summed E-state index contributed by atoms with van der Waals surface area (Å²) in [5.74, 6) is -0.155. The number of amides is 1. The van der Waals surface area contributed by atoms with Gasteiger partial charge >= 0.3 is 13.5 Å². The number of rotatable bonds is 7. The molecule has 0 fully saturated rings. The number of nitrogens with zero attached hydrogens (tertiary/aromatic N) is 1. The van der Waals surface area contributed by atoms with E-state index in [0.29, 0.717) is 31.8 Å². The highest BCUT2D eigenvalue weighted by Crippen LogP contribution is 2.29. The Bertz CT molecular complexity index is 642. The zero-order valence-electron chi connectivity index (χ0n) is 13.8. The molecule has 1 aromatic carbocycles. The molecule has 0 saturated heterocycles. The lowest BCUT2D eigenvalue weighted by Crippen LogP contribution is -2.45. The number of benzene rings is 1. The van der Waals surface area contributed by atoms with Crippen LogP contribution in [-0.4, -0.2) is 31.9 Å². The van der Waals surface area contributed by atoms with Crippen LogP contribution in [0, 0.1) is 11.3 Å². The number of nitrogens with one attached hydrogen (secondary N) is 1. The summed E-state index contributed by atoms with van der Waals surface area (Å²) >= 11 is 0. The lowest BCUT2D eigenvalue weighted by Gasteiger charge is -2.26. The molecule has 0 aromatic heterocycles. The van der Waals surface area contributed by atoms with Gasteiger partial charge in [-0.05, 0) is 24.5 Å². The SMILES string of the molecule is CCCCOC(=O)c1cccc2c1OBC(NC(=O)CCC#N)C2. The smallest absolute Gasteiger partial charge is 0.363 e. The first-order valence-corrected chi connectivity index (χ1v) is 8.23. The van der Waals surface area contributed by atoms with Gasteiger partial charge in [0.25, 0.3) is 0 Å². The van der Waals surface area contributed by atoms with Crippen molar-refractivity contribution in [1.82, 2.24) is 5.32 Å². The molecule has 126 valence electrons. The van der Waals surface area contributed by atoms with E-state index in [0.717, 1.165) is 18.4 Å². The first-order chi connectivity index (χ1) is 11.7. The third-order valence-corrected chi connectivity index (χ3v) is 3.77. The summed E-state index contributed by atoms with van der Waals surface area (Å²) in [6.07, 6.45) is 2.76. The van der Waals surface area contributed by atoms with Crippen LogP contribution in [-0.2, 0) is 16.0 Å². The van der Waals surface area contributed by atoms with Gasteiger partial charge in [-0.1, -0.05) is 25.5 Å². The maximum absolute atomic E-state index is 12.2. The average molecular weight is 328 g/mol. The van der Waals surface area contributed by atoms with E-state index in [9.17, 15) is 9.59 Å². The maximum atomic E-state index is 12.2. The minimum absolute atomic E-state index is 0.157. The predicted octanol–water partition coefficient (Wildman–Crippen LogP) is 1.68. The van der Waals surface area contributed by atoms with Crippen LogP contribution in [0.5, 0.6) is 5.75 Å². The van der Waals surface area contributed by atoms with Gasteiger partial charge in [0.15, 0.2) is 0 Å². The molecule has 0 bridgehead atoms. The molecule has 0 aliphatic carbocycles. The number of carbonyl (C=O) groups is 2. The number of hydrogen-bond donors (Lipinski definition) is 1. The number of fused-ring (bicyclic) bond motifs is 1. The largest absolute Gasteiger partial charge is 0.561 e. The zero-order valence-corrected chi connectivity index (χ0v) is 13.8.